The summed E-state index contributed by atoms with van der Waals surface area (Å²) in [5.41, 5.74) is 3.16. The molecule has 0 amide bonds. The standard InChI is InChI=1S/C20H14F2N8O/c21-17(22)20-26-25-19(31-20)14-7-5-13(6-8-14)12-30-27-18(24-28-30)15-3-1-4-16(11-15)29-10-2-9-23-29/h1-11,17H,12H2. The number of tetrazole rings is 1. The minimum absolute atomic E-state index is 0.0417. The Morgan fingerprint density at radius 1 is 0.935 bits per heavy atom. The summed E-state index contributed by atoms with van der Waals surface area (Å²) < 4.78 is 31.9. The van der Waals surface area contributed by atoms with Crippen LogP contribution in [-0.4, -0.2) is 40.2 Å². The van der Waals surface area contributed by atoms with Gasteiger partial charge in [-0.1, -0.05) is 24.3 Å². The van der Waals surface area contributed by atoms with E-state index in [-0.39, 0.29) is 5.89 Å². The molecule has 3 heterocycles. The topological polar surface area (TPSA) is 100 Å². The van der Waals surface area contributed by atoms with Crippen molar-refractivity contribution in [2.75, 3.05) is 0 Å². The number of aromatic nitrogens is 8. The molecule has 0 fully saturated rings. The van der Waals surface area contributed by atoms with Gasteiger partial charge in [0.2, 0.25) is 11.7 Å². The van der Waals surface area contributed by atoms with Crippen LogP contribution in [0.5, 0.6) is 0 Å². The van der Waals surface area contributed by atoms with E-state index in [0.29, 0.717) is 17.9 Å². The van der Waals surface area contributed by atoms with Crippen LogP contribution >= 0.6 is 0 Å². The highest BCUT2D eigenvalue weighted by Crippen LogP contribution is 2.23. The first-order valence-electron chi connectivity index (χ1n) is 9.25. The van der Waals surface area contributed by atoms with Crippen LogP contribution in [0.25, 0.3) is 28.5 Å². The highest BCUT2D eigenvalue weighted by Gasteiger charge is 2.17. The van der Waals surface area contributed by atoms with Gasteiger partial charge in [-0.05, 0) is 41.1 Å². The summed E-state index contributed by atoms with van der Waals surface area (Å²) >= 11 is 0. The van der Waals surface area contributed by atoms with Gasteiger partial charge >= 0.3 is 6.43 Å². The molecule has 0 aliphatic carbocycles. The number of hydrogen-bond acceptors (Lipinski definition) is 7. The van der Waals surface area contributed by atoms with Crippen LogP contribution in [0.2, 0.25) is 0 Å². The van der Waals surface area contributed by atoms with Gasteiger partial charge in [0.05, 0.1) is 12.2 Å². The molecule has 3 aromatic heterocycles. The third-order valence-corrected chi connectivity index (χ3v) is 4.48. The van der Waals surface area contributed by atoms with Gasteiger partial charge in [0.25, 0.3) is 5.89 Å². The van der Waals surface area contributed by atoms with E-state index in [1.165, 1.54) is 4.80 Å². The molecule has 2 aromatic carbocycles. The van der Waals surface area contributed by atoms with Crippen LogP contribution in [0.15, 0.2) is 71.4 Å². The molecule has 0 aliphatic rings. The highest BCUT2D eigenvalue weighted by molar-refractivity contribution is 5.58. The first kappa shape index (κ1) is 18.7. The molecular weight excluding hydrogens is 406 g/mol. The average molecular weight is 420 g/mol. The summed E-state index contributed by atoms with van der Waals surface area (Å²) in [6.45, 7) is 0.387. The maximum Gasteiger partial charge on any atom is 0.314 e. The van der Waals surface area contributed by atoms with E-state index in [4.69, 9.17) is 4.42 Å². The molecule has 9 nitrogen and oxygen atoms in total. The zero-order chi connectivity index (χ0) is 21.2. The van der Waals surface area contributed by atoms with E-state index in [0.717, 1.165) is 16.8 Å². The van der Waals surface area contributed by atoms with Crippen molar-refractivity contribution in [2.24, 2.45) is 0 Å². The summed E-state index contributed by atoms with van der Waals surface area (Å²) in [5.74, 6) is -0.161. The largest absolute Gasteiger partial charge is 0.415 e. The lowest BCUT2D eigenvalue weighted by Gasteiger charge is -2.03. The van der Waals surface area contributed by atoms with E-state index in [2.05, 4.69) is 30.7 Å². The van der Waals surface area contributed by atoms with Gasteiger partial charge in [-0.15, -0.1) is 20.4 Å². The van der Waals surface area contributed by atoms with Gasteiger partial charge in [-0.2, -0.15) is 18.7 Å². The van der Waals surface area contributed by atoms with E-state index >= 15 is 0 Å². The van der Waals surface area contributed by atoms with Crippen molar-refractivity contribution in [3.05, 3.63) is 78.4 Å². The lowest BCUT2D eigenvalue weighted by Crippen LogP contribution is -2.04. The van der Waals surface area contributed by atoms with Crippen molar-refractivity contribution in [3.63, 3.8) is 0 Å². The SMILES string of the molecule is FC(F)c1nnc(-c2ccc(Cn3nnc(-c4cccc(-n5cccn5)c4)n3)cc2)o1. The summed E-state index contributed by atoms with van der Waals surface area (Å²) in [6.07, 6.45) is 0.770. The van der Waals surface area contributed by atoms with Crippen molar-refractivity contribution in [2.45, 2.75) is 13.0 Å². The normalized spacial score (nSPS) is 11.3. The Kier molecular flexibility index (Phi) is 4.75. The number of halogens is 2. The third kappa shape index (κ3) is 3.92. The van der Waals surface area contributed by atoms with Crippen LogP contribution in [0.1, 0.15) is 17.9 Å². The fourth-order valence-electron chi connectivity index (χ4n) is 2.99. The summed E-state index contributed by atoms with van der Waals surface area (Å²) in [4.78, 5) is 1.48. The molecule has 0 aliphatic heterocycles. The van der Waals surface area contributed by atoms with Crippen LogP contribution in [0.3, 0.4) is 0 Å². The van der Waals surface area contributed by atoms with Gasteiger partial charge < -0.3 is 4.42 Å². The van der Waals surface area contributed by atoms with E-state index < -0.39 is 12.3 Å². The minimum atomic E-state index is -2.80. The Morgan fingerprint density at radius 2 is 1.81 bits per heavy atom. The molecule has 154 valence electrons. The van der Waals surface area contributed by atoms with Crippen LogP contribution in [0, 0.1) is 0 Å². The minimum Gasteiger partial charge on any atom is -0.415 e. The van der Waals surface area contributed by atoms with E-state index in [1.807, 2.05) is 48.7 Å². The smallest absolute Gasteiger partial charge is 0.314 e. The van der Waals surface area contributed by atoms with Crippen molar-refractivity contribution < 1.29 is 13.2 Å². The number of hydrogen-bond donors (Lipinski definition) is 0. The second kappa shape index (κ2) is 7.86. The highest BCUT2D eigenvalue weighted by atomic mass is 19.3. The fourth-order valence-corrected chi connectivity index (χ4v) is 2.99. The molecule has 11 heteroatoms. The number of rotatable bonds is 6. The number of benzene rings is 2. The molecule has 0 saturated heterocycles. The van der Waals surface area contributed by atoms with Crippen molar-refractivity contribution in [1.29, 1.82) is 0 Å². The zero-order valence-electron chi connectivity index (χ0n) is 15.9. The first-order valence-corrected chi connectivity index (χ1v) is 9.25. The monoisotopic (exact) mass is 420 g/mol. The van der Waals surface area contributed by atoms with Gasteiger partial charge in [0, 0.05) is 23.5 Å². The van der Waals surface area contributed by atoms with E-state index in [1.54, 1.807) is 23.0 Å². The predicted octanol–water partition coefficient (Wildman–Crippen LogP) is 3.56. The maximum absolute atomic E-state index is 12.6. The Morgan fingerprint density at radius 3 is 2.55 bits per heavy atom. The van der Waals surface area contributed by atoms with Gasteiger partial charge in [-0.3, -0.25) is 0 Å². The van der Waals surface area contributed by atoms with Gasteiger partial charge in [0.1, 0.15) is 0 Å². The third-order valence-electron chi connectivity index (χ3n) is 4.48. The Bertz CT molecular complexity index is 1290. The quantitative estimate of drug-likeness (QED) is 0.414. The molecule has 0 bridgehead atoms. The van der Waals surface area contributed by atoms with Gasteiger partial charge in [-0.25, -0.2) is 4.68 Å². The Balaban J connectivity index is 1.31. The second-order valence-corrected chi connectivity index (χ2v) is 6.59. The summed E-state index contributed by atoms with van der Waals surface area (Å²) in [7, 11) is 0. The molecule has 0 atom stereocenters. The van der Waals surface area contributed by atoms with Crippen LogP contribution in [0.4, 0.5) is 8.78 Å². The van der Waals surface area contributed by atoms with Crippen LogP contribution < -0.4 is 0 Å². The zero-order valence-corrected chi connectivity index (χ0v) is 15.9. The van der Waals surface area contributed by atoms with E-state index in [9.17, 15) is 8.78 Å². The summed E-state index contributed by atoms with van der Waals surface area (Å²) in [6, 6.07) is 16.6. The molecule has 5 rings (SSSR count). The second-order valence-electron chi connectivity index (χ2n) is 6.59. The fraction of sp³-hybridized carbons (Fsp3) is 0.100. The van der Waals surface area contributed by atoms with Gasteiger partial charge in [0.15, 0.2) is 0 Å². The lowest BCUT2D eigenvalue weighted by molar-refractivity contribution is 0.116. The maximum atomic E-state index is 12.6. The van der Waals surface area contributed by atoms with Crippen molar-refractivity contribution in [3.8, 4) is 28.5 Å². The molecule has 31 heavy (non-hydrogen) atoms. The molecule has 0 unspecified atom stereocenters. The lowest BCUT2D eigenvalue weighted by atomic mass is 10.1. The molecule has 0 saturated carbocycles. The number of nitrogens with zero attached hydrogens (tertiary/aromatic N) is 8. The van der Waals surface area contributed by atoms with Crippen molar-refractivity contribution >= 4 is 0 Å². The molecule has 5 aromatic rings. The summed E-state index contributed by atoms with van der Waals surface area (Å²) in [5, 5.41) is 23.9. The number of alkyl halides is 2. The molecule has 0 N–H and O–H groups in total. The van der Waals surface area contributed by atoms with Crippen molar-refractivity contribution in [1.82, 2.24) is 40.2 Å². The Labute approximate surface area is 174 Å². The molecule has 0 radical (unpaired) electrons. The average Bonchev–Trinajstić information content (AvgIpc) is 3.56. The predicted molar refractivity (Wildman–Crippen MR) is 104 cm³/mol. The molecular formula is C20H14F2N8O. The Hall–Kier alpha value is -4.28. The molecule has 0 spiro atoms. The first-order chi connectivity index (χ1) is 15.2. The van der Waals surface area contributed by atoms with Crippen LogP contribution in [-0.2, 0) is 6.54 Å².